The van der Waals surface area contributed by atoms with Gasteiger partial charge in [0.05, 0.1) is 0 Å². The summed E-state index contributed by atoms with van der Waals surface area (Å²) in [4.78, 5) is 4.13. The van der Waals surface area contributed by atoms with Crippen LogP contribution in [0.1, 0.15) is 11.1 Å². The number of nitrogens with zero attached hydrogens (tertiary/aromatic N) is 2. The molecule has 2 aromatic carbocycles. The summed E-state index contributed by atoms with van der Waals surface area (Å²) in [5.74, 6) is 1.34. The van der Waals surface area contributed by atoms with Crippen molar-refractivity contribution in [2.24, 2.45) is 10.2 Å². The molecule has 0 saturated heterocycles. The molecule has 5 heteroatoms. The minimum atomic E-state index is -3.21. The van der Waals surface area contributed by atoms with E-state index in [1.54, 1.807) is 6.21 Å². The predicted octanol–water partition coefficient (Wildman–Crippen LogP) is 3.58. The quantitative estimate of drug-likeness (QED) is 0.703. The van der Waals surface area contributed by atoms with Gasteiger partial charge in [-0.2, -0.15) is 0 Å². The second-order valence-electron chi connectivity index (χ2n) is 5.16. The van der Waals surface area contributed by atoms with Crippen LogP contribution < -0.4 is 3.07 Å². The molecule has 0 N–H and O–H groups in total. The zero-order valence-electron chi connectivity index (χ0n) is 12.0. The van der Waals surface area contributed by atoms with Gasteiger partial charge in [-0.1, -0.05) is 0 Å². The fourth-order valence-corrected chi connectivity index (χ4v) is 6.00. The Hall–Kier alpha value is -1.82. The van der Waals surface area contributed by atoms with Crippen LogP contribution in [0.15, 0.2) is 64.8 Å². The molecule has 1 aliphatic heterocycles. The van der Waals surface area contributed by atoms with E-state index in [0.29, 0.717) is 5.90 Å². The molecular formula is C16H16N2O2Sn. The number of rotatable bonds is 1. The van der Waals surface area contributed by atoms with Gasteiger partial charge in [-0.3, -0.25) is 0 Å². The van der Waals surface area contributed by atoms with Crippen molar-refractivity contribution >= 4 is 31.3 Å². The van der Waals surface area contributed by atoms with Gasteiger partial charge in [-0.15, -0.1) is 0 Å². The van der Waals surface area contributed by atoms with Gasteiger partial charge >= 0.3 is 129 Å². The summed E-state index contributed by atoms with van der Waals surface area (Å²) in [5.41, 5.74) is 1.83. The SMILES string of the molecule is [CH3][Sn]1([CH3])[O]/C(c2ccccc2)=N\N=C\c2ccccc2[O]1. The monoisotopic (exact) mass is 388 g/mol. The molecule has 0 aliphatic carbocycles. The van der Waals surface area contributed by atoms with Gasteiger partial charge in [-0.25, -0.2) is 0 Å². The number of hydrogen-bond donors (Lipinski definition) is 0. The average Bonchev–Trinajstić information content (AvgIpc) is 2.54. The zero-order valence-corrected chi connectivity index (χ0v) is 14.8. The Labute approximate surface area is 129 Å². The van der Waals surface area contributed by atoms with E-state index < -0.39 is 19.2 Å². The van der Waals surface area contributed by atoms with E-state index in [4.69, 9.17) is 6.15 Å². The number of benzene rings is 2. The summed E-state index contributed by atoms with van der Waals surface area (Å²) in [6, 6.07) is 17.6. The third-order valence-corrected chi connectivity index (χ3v) is 6.97. The molecule has 0 saturated carbocycles. The van der Waals surface area contributed by atoms with Crippen molar-refractivity contribution in [2.75, 3.05) is 0 Å². The number of hydrogen-bond acceptors (Lipinski definition) is 4. The molecule has 21 heavy (non-hydrogen) atoms. The molecule has 1 heterocycles. The first-order valence-electron chi connectivity index (χ1n) is 6.78. The molecule has 0 unspecified atom stereocenters. The molecule has 0 amide bonds. The molecule has 0 radical (unpaired) electrons. The minimum absolute atomic E-state index is 0.528. The molecule has 4 nitrogen and oxygen atoms in total. The van der Waals surface area contributed by atoms with Crippen molar-refractivity contribution in [3.63, 3.8) is 0 Å². The Morgan fingerprint density at radius 1 is 0.857 bits per heavy atom. The summed E-state index contributed by atoms with van der Waals surface area (Å²) in [7, 11) is 0. The van der Waals surface area contributed by atoms with Gasteiger partial charge in [0.15, 0.2) is 0 Å². The van der Waals surface area contributed by atoms with Crippen LogP contribution in [-0.4, -0.2) is 31.3 Å². The van der Waals surface area contributed by atoms with Crippen molar-refractivity contribution in [2.45, 2.75) is 9.88 Å². The second-order valence-corrected chi connectivity index (χ2v) is 14.3. The Balaban J connectivity index is 2.03. The van der Waals surface area contributed by atoms with Crippen molar-refractivity contribution in [1.82, 2.24) is 0 Å². The molecular weight excluding hydrogens is 371 g/mol. The van der Waals surface area contributed by atoms with Crippen LogP contribution >= 0.6 is 0 Å². The predicted molar refractivity (Wildman–Crippen MR) is 86.2 cm³/mol. The summed E-state index contributed by atoms with van der Waals surface area (Å²) in [5, 5.41) is 8.39. The topological polar surface area (TPSA) is 43.2 Å². The van der Waals surface area contributed by atoms with Gasteiger partial charge in [0, 0.05) is 0 Å². The molecule has 2 aromatic rings. The van der Waals surface area contributed by atoms with E-state index in [-0.39, 0.29) is 0 Å². The van der Waals surface area contributed by atoms with Crippen LogP contribution in [0.25, 0.3) is 0 Å². The molecule has 0 spiro atoms. The fraction of sp³-hybridized carbons (Fsp3) is 0.125. The van der Waals surface area contributed by atoms with Crippen molar-refractivity contribution in [3.05, 3.63) is 65.7 Å². The van der Waals surface area contributed by atoms with Gasteiger partial charge in [0.2, 0.25) is 0 Å². The third kappa shape index (κ3) is 3.44. The molecule has 0 fully saturated rings. The van der Waals surface area contributed by atoms with Gasteiger partial charge in [0.25, 0.3) is 0 Å². The molecule has 106 valence electrons. The summed E-state index contributed by atoms with van der Waals surface area (Å²) >= 11 is -3.21. The number of para-hydroxylation sites is 1. The van der Waals surface area contributed by atoms with Crippen molar-refractivity contribution in [1.29, 1.82) is 0 Å². The van der Waals surface area contributed by atoms with Gasteiger partial charge in [0.1, 0.15) is 0 Å². The maximum absolute atomic E-state index is 6.17. The fourth-order valence-electron chi connectivity index (χ4n) is 2.06. The standard InChI is InChI=1S/C14H12N2O2.2CH3.Sn/c17-13-9-5-4-8-12(13)10-15-16-14(18)11-6-2-1-3-7-11;;;/h1-10,17H,(H,16,18);2*1H3;/q;;;+2/p-2/b15-10+;;;. The van der Waals surface area contributed by atoms with E-state index >= 15 is 0 Å². The van der Waals surface area contributed by atoms with Gasteiger partial charge < -0.3 is 0 Å². The Morgan fingerprint density at radius 3 is 2.38 bits per heavy atom. The van der Waals surface area contributed by atoms with Crippen LogP contribution in [0.3, 0.4) is 0 Å². The second kappa shape index (κ2) is 5.89. The first-order chi connectivity index (χ1) is 10.1. The molecule has 0 atom stereocenters. The first-order valence-corrected chi connectivity index (χ1v) is 14.8. The molecule has 0 bridgehead atoms. The van der Waals surface area contributed by atoms with Crippen LogP contribution in [0.4, 0.5) is 0 Å². The van der Waals surface area contributed by atoms with E-state index in [9.17, 15) is 0 Å². The van der Waals surface area contributed by atoms with E-state index in [1.807, 2.05) is 54.6 Å². The van der Waals surface area contributed by atoms with Crippen LogP contribution in [0, 0.1) is 0 Å². The first kappa shape index (κ1) is 14.1. The van der Waals surface area contributed by atoms with Crippen molar-refractivity contribution in [3.8, 4) is 5.75 Å². The normalized spacial score (nSPS) is 20.4. The zero-order chi connectivity index (χ0) is 14.7. The van der Waals surface area contributed by atoms with E-state index in [0.717, 1.165) is 16.9 Å². The maximum atomic E-state index is 6.17. The summed E-state index contributed by atoms with van der Waals surface area (Å²) in [6.07, 6.45) is 1.70. The third-order valence-electron chi connectivity index (χ3n) is 2.98. The molecule has 3 rings (SSSR count). The Morgan fingerprint density at radius 2 is 1.57 bits per heavy atom. The van der Waals surface area contributed by atoms with E-state index in [2.05, 4.69) is 20.1 Å². The Kier molecular flexibility index (Phi) is 3.96. The molecule has 1 aliphatic rings. The summed E-state index contributed by atoms with van der Waals surface area (Å²) in [6.45, 7) is 0. The van der Waals surface area contributed by atoms with Gasteiger partial charge in [-0.05, 0) is 0 Å². The van der Waals surface area contributed by atoms with Crippen LogP contribution in [0.2, 0.25) is 9.88 Å². The van der Waals surface area contributed by atoms with Crippen LogP contribution in [0.5, 0.6) is 5.75 Å². The summed E-state index contributed by atoms with van der Waals surface area (Å²) < 4.78 is 12.3. The average molecular weight is 387 g/mol. The molecule has 0 aromatic heterocycles. The van der Waals surface area contributed by atoms with Crippen LogP contribution in [-0.2, 0) is 3.07 Å². The number of fused-ring (bicyclic) bond motifs is 1. The van der Waals surface area contributed by atoms with E-state index in [1.165, 1.54) is 0 Å². The van der Waals surface area contributed by atoms with Crippen molar-refractivity contribution < 1.29 is 6.15 Å². The Bertz CT molecular complexity index is 696.